The summed E-state index contributed by atoms with van der Waals surface area (Å²) >= 11 is 0. The van der Waals surface area contributed by atoms with Crippen molar-refractivity contribution in [2.45, 2.75) is 6.10 Å². The van der Waals surface area contributed by atoms with Gasteiger partial charge in [-0.2, -0.15) is 0 Å². The third-order valence-corrected chi connectivity index (χ3v) is 3.91. The Hall–Kier alpha value is -3.49. The van der Waals surface area contributed by atoms with Crippen molar-refractivity contribution in [2.75, 3.05) is 26.9 Å². The van der Waals surface area contributed by atoms with Gasteiger partial charge in [0, 0.05) is 5.56 Å². The van der Waals surface area contributed by atoms with Gasteiger partial charge >= 0.3 is 5.97 Å². The average Bonchev–Trinajstić information content (AvgIpc) is 2.71. The first-order chi connectivity index (χ1) is 13.5. The first-order valence-electron chi connectivity index (χ1n) is 8.39. The molecular weight excluding hydrogens is 373 g/mol. The van der Waals surface area contributed by atoms with E-state index in [0.29, 0.717) is 30.5 Å². The van der Waals surface area contributed by atoms with Gasteiger partial charge in [0.05, 0.1) is 13.7 Å². The Bertz CT molecular complexity index is 852. The second-order valence-electron chi connectivity index (χ2n) is 5.81. The summed E-state index contributed by atoms with van der Waals surface area (Å²) in [4.78, 5) is 23.9. The highest BCUT2D eigenvalue weighted by atomic mass is 19.1. The minimum Gasteiger partial charge on any atom is -0.493 e. The van der Waals surface area contributed by atoms with Crippen molar-refractivity contribution in [3.8, 4) is 23.0 Å². The molecule has 1 unspecified atom stereocenters. The number of aliphatic carboxylic acids is 1. The van der Waals surface area contributed by atoms with Crippen molar-refractivity contribution in [1.82, 2.24) is 5.32 Å². The van der Waals surface area contributed by atoms with Crippen molar-refractivity contribution in [3.05, 3.63) is 47.8 Å². The number of carbonyl (C=O) groups excluding carboxylic acids is 1. The maximum Gasteiger partial charge on any atom is 0.346 e. The molecule has 1 amide bonds. The second kappa shape index (κ2) is 8.47. The number of hydrogen-bond acceptors (Lipinski definition) is 6. The van der Waals surface area contributed by atoms with Crippen LogP contribution in [0.5, 0.6) is 23.0 Å². The van der Waals surface area contributed by atoms with Gasteiger partial charge in [0.15, 0.2) is 11.5 Å². The highest BCUT2D eigenvalue weighted by Crippen LogP contribution is 2.40. The Kier molecular flexibility index (Phi) is 5.83. The van der Waals surface area contributed by atoms with Crippen molar-refractivity contribution in [2.24, 2.45) is 0 Å². The van der Waals surface area contributed by atoms with Gasteiger partial charge in [-0.3, -0.25) is 4.79 Å². The lowest BCUT2D eigenvalue weighted by molar-refractivity contribution is -0.144. The molecule has 2 aromatic rings. The summed E-state index contributed by atoms with van der Waals surface area (Å²) in [5.41, 5.74) is 0.215. The van der Waals surface area contributed by atoms with Gasteiger partial charge in [0.1, 0.15) is 24.8 Å². The molecule has 148 valence electrons. The molecule has 0 aliphatic carbocycles. The average molecular weight is 391 g/mol. The van der Waals surface area contributed by atoms with Crippen LogP contribution in [0.3, 0.4) is 0 Å². The summed E-state index contributed by atoms with van der Waals surface area (Å²) in [6, 6.07) is 7.86. The molecule has 3 rings (SSSR count). The van der Waals surface area contributed by atoms with Crippen molar-refractivity contribution in [1.29, 1.82) is 0 Å². The third-order valence-electron chi connectivity index (χ3n) is 3.91. The highest BCUT2D eigenvalue weighted by molar-refractivity contribution is 5.96. The predicted octanol–water partition coefficient (Wildman–Crippen LogP) is 1.87. The standard InChI is InChI=1S/C19H18FNO7/c1-25-14-8-11(9-15-17(14)27-7-6-26-15)18(22)21-10-16(19(23)24)28-13-4-2-12(20)3-5-13/h2-5,8-9,16H,6-7,10H2,1H3,(H,21,22)(H,23,24). The summed E-state index contributed by atoms with van der Waals surface area (Å²) in [5, 5.41) is 11.8. The lowest BCUT2D eigenvalue weighted by Crippen LogP contribution is -2.40. The van der Waals surface area contributed by atoms with Crippen LogP contribution >= 0.6 is 0 Å². The van der Waals surface area contributed by atoms with Crippen molar-refractivity contribution < 1.29 is 38.0 Å². The summed E-state index contributed by atoms with van der Waals surface area (Å²) in [6.45, 7) is 0.409. The van der Waals surface area contributed by atoms with Gasteiger partial charge in [0.2, 0.25) is 11.9 Å². The lowest BCUT2D eigenvalue weighted by atomic mass is 10.1. The minimum atomic E-state index is -1.35. The van der Waals surface area contributed by atoms with E-state index < -0.39 is 23.8 Å². The van der Waals surface area contributed by atoms with E-state index in [9.17, 15) is 19.1 Å². The minimum absolute atomic E-state index is 0.170. The summed E-state index contributed by atoms with van der Waals surface area (Å²) < 4.78 is 34.4. The molecule has 0 saturated heterocycles. The van der Waals surface area contributed by atoms with Crippen LogP contribution in [0.4, 0.5) is 4.39 Å². The van der Waals surface area contributed by atoms with Crippen LogP contribution in [0.1, 0.15) is 10.4 Å². The molecule has 0 bridgehead atoms. The zero-order valence-electron chi connectivity index (χ0n) is 14.9. The number of nitrogens with one attached hydrogen (secondary N) is 1. The maximum absolute atomic E-state index is 12.9. The van der Waals surface area contributed by atoms with Crippen LogP contribution < -0.4 is 24.3 Å². The number of rotatable bonds is 7. The van der Waals surface area contributed by atoms with Crippen LogP contribution in [0.25, 0.3) is 0 Å². The van der Waals surface area contributed by atoms with Gasteiger partial charge in [0.25, 0.3) is 5.91 Å². The maximum atomic E-state index is 12.9. The van der Waals surface area contributed by atoms with Crippen LogP contribution in [0.15, 0.2) is 36.4 Å². The Labute approximate surface area is 159 Å². The Morgan fingerprint density at radius 2 is 1.93 bits per heavy atom. The van der Waals surface area contributed by atoms with E-state index in [-0.39, 0.29) is 17.9 Å². The summed E-state index contributed by atoms with van der Waals surface area (Å²) in [5.74, 6) is -1.00. The molecule has 2 aromatic carbocycles. The topological polar surface area (TPSA) is 103 Å². The zero-order valence-corrected chi connectivity index (χ0v) is 14.9. The van der Waals surface area contributed by atoms with Crippen molar-refractivity contribution >= 4 is 11.9 Å². The Morgan fingerprint density at radius 1 is 1.21 bits per heavy atom. The van der Waals surface area contributed by atoms with E-state index in [0.717, 1.165) is 12.1 Å². The van der Waals surface area contributed by atoms with Gasteiger partial charge in [-0.25, -0.2) is 9.18 Å². The Morgan fingerprint density at radius 3 is 2.61 bits per heavy atom. The van der Waals surface area contributed by atoms with E-state index in [1.54, 1.807) is 0 Å². The highest BCUT2D eigenvalue weighted by Gasteiger charge is 2.24. The zero-order chi connectivity index (χ0) is 20.1. The monoisotopic (exact) mass is 391 g/mol. The molecule has 0 saturated carbocycles. The first-order valence-corrected chi connectivity index (χ1v) is 8.39. The van der Waals surface area contributed by atoms with E-state index in [1.165, 1.54) is 31.4 Å². The fourth-order valence-electron chi connectivity index (χ4n) is 2.55. The molecule has 0 fully saturated rings. The van der Waals surface area contributed by atoms with E-state index in [4.69, 9.17) is 18.9 Å². The number of ether oxygens (including phenoxy) is 4. The van der Waals surface area contributed by atoms with Crippen LogP contribution in [-0.2, 0) is 4.79 Å². The molecule has 1 atom stereocenters. The van der Waals surface area contributed by atoms with E-state index in [1.807, 2.05) is 0 Å². The predicted molar refractivity (Wildman–Crippen MR) is 94.8 cm³/mol. The SMILES string of the molecule is COc1cc(C(=O)NCC(Oc2ccc(F)cc2)C(=O)O)cc2c1OCCO2. The lowest BCUT2D eigenvalue weighted by Gasteiger charge is -2.21. The number of amides is 1. The number of hydrogen-bond donors (Lipinski definition) is 2. The Balaban J connectivity index is 1.69. The number of methoxy groups -OCH3 is 1. The molecule has 0 aromatic heterocycles. The number of carbonyl (C=O) groups is 2. The summed E-state index contributed by atoms with van der Waals surface area (Å²) in [7, 11) is 1.44. The molecule has 0 radical (unpaired) electrons. The normalized spacial score (nSPS) is 13.4. The van der Waals surface area contributed by atoms with Crippen LogP contribution in [-0.4, -0.2) is 50.0 Å². The largest absolute Gasteiger partial charge is 0.493 e. The molecule has 1 heterocycles. The molecule has 28 heavy (non-hydrogen) atoms. The van der Waals surface area contributed by atoms with Gasteiger partial charge in [-0.05, 0) is 36.4 Å². The molecule has 2 N–H and O–H groups in total. The van der Waals surface area contributed by atoms with Gasteiger partial charge in [-0.1, -0.05) is 0 Å². The molecule has 0 spiro atoms. The first kappa shape index (κ1) is 19.3. The van der Waals surface area contributed by atoms with E-state index in [2.05, 4.69) is 5.32 Å². The number of carboxylic acids is 1. The fourth-order valence-corrected chi connectivity index (χ4v) is 2.55. The number of fused-ring (bicyclic) bond motifs is 1. The third kappa shape index (κ3) is 4.43. The molecule has 8 nitrogen and oxygen atoms in total. The summed E-state index contributed by atoms with van der Waals surface area (Å²) in [6.07, 6.45) is -1.35. The number of carboxylic acid groups (broad SMARTS) is 1. The fraction of sp³-hybridized carbons (Fsp3) is 0.263. The van der Waals surface area contributed by atoms with Gasteiger partial charge in [-0.15, -0.1) is 0 Å². The van der Waals surface area contributed by atoms with Crippen molar-refractivity contribution in [3.63, 3.8) is 0 Å². The smallest absolute Gasteiger partial charge is 0.346 e. The molecular formula is C19H18FNO7. The van der Waals surface area contributed by atoms with Gasteiger partial charge < -0.3 is 29.4 Å². The number of halogens is 1. The van der Waals surface area contributed by atoms with Crippen LogP contribution in [0.2, 0.25) is 0 Å². The molecule has 1 aliphatic heterocycles. The number of benzene rings is 2. The van der Waals surface area contributed by atoms with E-state index >= 15 is 0 Å². The second-order valence-corrected chi connectivity index (χ2v) is 5.81. The molecule has 9 heteroatoms. The molecule has 1 aliphatic rings. The van der Waals surface area contributed by atoms with Crippen LogP contribution in [0, 0.1) is 5.82 Å². The quantitative estimate of drug-likeness (QED) is 0.743.